The number of aliphatic hydroxyl groups is 1. The monoisotopic (exact) mass is 361 g/mol. The number of hydrogen-bond acceptors (Lipinski definition) is 4. The first kappa shape index (κ1) is 20.7. The highest BCUT2D eigenvalue weighted by Crippen LogP contribution is 2.21. The number of nitrogens with two attached hydrogens (primary N) is 1. The SMILES string of the molecule is CC[C@H](N)C(O)COc1c(F)cccc1F.Oc1c(F)cccc1F. The molecular formula is C17H19F4NO3. The highest BCUT2D eigenvalue weighted by Gasteiger charge is 2.16. The third-order valence-electron chi connectivity index (χ3n) is 3.22. The fourth-order valence-corrected chi connectivity index (χ4v) is 1.67. The molecule has 0 spiro atoms. The van der Waals surface area contributed by atoms with Crippen LogP contribution in [-0.4, -0.2) is 29.0 Å². The zero-order valence-electron chi connectivity index (χ0n) is 13.4. The maximum atomic E-state index is 13.1. The average molecular weight is 361 g/mol. The van der Waals surface area contributed by atoms with Gasteiger partial charge in [0.15, 0.2) is 34.8 Å². The smallest absolute Gasteiger partial charge is 0.190 e. The lowest BCUT2D eigenvalue weighted by molar-refractivity contribution is 0.0801. The van der Waals surface area contributed by atoms with Crippen molar-refractivity contribution < 1.29 is 32.5 Å². The summed E-state index contributed by atoms with van der Waals surface area (Å²) in [7, 11) is 0. The van der Waals surface area contributed by atoms with E-state index in [4.69, 9.17) is 15.6 Å². The van der Waals surface area contributed by atoms with Crippen molar-refractivity contribution in [2.75, 3.05) is 6.61 Å². The number of phenols is 1. The number of benzene rings is 2. The van der Waals surface area contributed by atoms with Crippen molar-refractivity contribution in [3.8, 4) is 11.5 Å². The zero-order valence-corrected chi connectivity index (χ0v) is 13.4. The molecule has 1 unspecified atom stereocenters. The molecule has 2 aromatic rings. The van der Waals surface area contributed by atoms with Gasteiger partial charge in [-0.2, -0.15) is 0 Å². The van der Waals surface area contributed by atoms with Crippen molar-refractivity contribution in [3.05, 3.63) is 59.7 Å². The van der Waals surface area contributed by atoms with E-state index in [1.165, 1.54) is 12.1 Å². The van der Waals surface area contributed by atoms with Gasteiger partial charge < -0.3 is 20.7 Å². The minimum Gasteiger partial charge on any atom is -0.503 e. The molecule has 0 amide bonds. The molecule has 4 N–H and O–H groups in total. The summed E-state index contributed by atoms with van der Waals surface area (Å²) in [4.78, 5) is 0. The van der Waals surface area contributed by atoms with E-state index in [-0.39, 0.29) is 6.61 Å². The Hall–Kier alpha value is -2.32. The highest BCUT2D eigenvalue weighted by molar-refractivity contribution is 5.26. The summed E-state index contributed by atoms with van der Waals surface area (Å²) in [6.07, 6.45) is -0.381. The quantitative estimate of drug-likeness (QED) is 0.716. The zero-order chi connectivity index (χ0) is 19.0. The van der Waals surface area contributed by atoms with Gasteiger partial charge >= 0.3 is 0 Å². The molecule has 138 valence electrons. The molecule has 0 aliphatic rings. The molecule has 0 aliphatic carbocycles. The Labute approximate surface area is 142 Å². The fraction of sp³-hybridized carbons (Fsp3) is 0.294. The standard InChI is InChI=1S/C11H15F2NO2.C6H4F2O/c1-2-9(14)10(15)6-16-11-7(12)4-3-5-8(11)13;7-4-2-1-3-5(8)6(4)9/h3-5,9-10,15H,2,6,14H2,1H3;1-3,9H/t9-,10?;/m0./s1. The predicted molar refractivity (Wildman–Crippen MR) is 84.1 cm³/mol. The minimum absolute atomic E-state index is 0.229. The molecule has 0 heterocycles. The molecule has 4 nitrogen and oxygen atoms in total. The maximum Gasteiger partial charge on any atom is 0.190 e. The van der Waals surface area contributed by atoms with Crippen LogP contribution in [0, 0.1) is 23.3 Å². The van der Waals surface area contributed by atoms with Crippen molar-refractivity contribution in [2.45, 2.75) is 25.5 Å². The molecule has 8 heteroatoms. The molecule has 0 fully saturated rings. The lowest BCUT2D eigenvalue weighted by Gasteiger charge is -2.17. The topological polar surface area (TPSA) is 75.7 Å². The molecule has 0 radical (unpaired) electrons. The first-order valence-electron chi connectivity index (χ1n) is 7.41. The van der Waals surface area contributed by atoms with Crippen LogP contribution < -0.4 is 10.5 Å². The summed E-state index contributed by atoms with van der Waals surface area (Å²) in [6.45, 7) is 1.57. The highest BCUT2D eigenvalue weighted by atomic mass is 19.1. The number of ether oxygens (including phenoxy) is 1. The summed E-state index contributed by atoms with van der Waals surface area (Å²) in [6, 6.07) is 6.11. The van der Waals surface area contributed by atoms with Crippen LogP contribution in [0.3, 0.4) is 0 Å². The maximum absolute atomic E-state index is 13.1. The first-order chi connectivity index (χ1) is 11.8. The Morgan fingerprint density at radius 1 is 0.960 bits per heavy atom. The summed E-state index contributed by atoms with van der Waals surface area (Å²) in [5.41, 5.74) is 5.54. The van der Waals surface area contributed by atoms with Gasteiger partial charge in [0, 0.05) is 6.04 Å². The third kappa shape index (κ3) is 6.24. The Morgan fingerprint density at radius 3 is 1.80 bits per heavy atom. The van der Waals surface area contributed by atoms with Gasteiger partial charge in [-0.25, -0.2) is 17.6 Å². The van der Waals surface area contributed by atoms with Crippen LogP contribution in [0.25, 0.3) is 0 Å². The number of aliphatic hydroxyl groups excluding tert-OH is 1. The second kappa shape index (κ2) is 9.85. The van der Waals surface area contributed by atoms with Crippen molar-refractivity contribution >= 4 is 0 Å². The van der Waals surface area contributed by atoms with E-state index in [9.17, 15) is 22.7 Å². The van der Waals surface area contributed by atoms with Gasteiger partial charge in [0.05, 0.1) is 0 Å². The van der Waals surface area contributed by atoms with Crippen molar-refractivity contribution in [2.24, 2.45) is 5.73 Å². The van der Waals surface area contributed by atoms with Crippen LogP contribution in [0.2, 0.25) is 0 Å². The Bertz CT molecular complexity index is 644. The average Bonchev–Trinajstić information content (AvgIpc) is 2.58. The van der Waals surface area contributed by atoms with Crippen molar-refractivity contribution in [1.29, 1.82) is 0 Å². The van der Waals surface area contributed by atoms with E-state index in [1.54, 1.807) is 6.92 Å². The van der Waals surface area contributed by atoms with Gasteiger partial charge in [-0.1, -0.05) is 19.1 Å². The van der Waals surface area contributed by atoms with Crippen LogP contribution in [0.5, 0.6) is 11.5 Å². The Balaban J connectivity index is 0.000000293. The van der Waals surface area contributed by atoms with Gasteiger partial charge in [-0.3, -0.25) is 0 Å². The number of aromatic hydroxyl groups is 1. The molecule has 0 saturated carbocycles. The van der Waals surface area contributed by atoms with Crippen molar-refractivity contribution in [1.82, 2.24) is 0 Å². The number of para-hydroxylation sites is 2. The molecule has 25 heavy (non-hydrogen) atoms. The molecule has 0 bridgehead atoms. The third-order valence-corrected chi connectivity index (χ3v) is 3.22. The van der Waals surface area contributed by atoms with Gasteiger partial charge in [0.1, 0.15) is 12.7 Å². The molecule has 2 atom stereocenters. The molecule has 0 saturated heterocycles. The van der Waals surface area contributed by atoms with Crippen LogP contribution in [0.15, 0.2) is 36.4 Å². The second-order valence-electron chi connectivity index (χ2n) is 5.07. The number of halogens is 4. The van der Waals surface area contributed by atoms with Gasteiger partial charge in [-0.05, 0) is 30.7 Å². The molecule has 0 aliphatic heterocycles. The summed E-state index contributed by atoms with van der Waals surface area (Å²) < 4.78 is 55.3. The first-order valence-corrected chi connectivity index (χ1v) is 7.41. The number of phenolic OH excluding ortho intramolecular Hbond substituents is 1. The summed E-state index contributed by atoms with van der Waals surface area (Å²) in [5.74, 6) is -4.86. The van der Waals surface area contributed by atoms with Gasteiger partial charge in [-0.15, -0.1) is 0 Å². The second-order valence-corrected chi connectivity index (χ2v) is 5.07. The van der Waals surface area contributed by atoms with Gasteiger partial charge in [0.25, 0.3) is 0 Å². The lowest BCUT2D eigenvalue weighted by Crippen LogP contribution is -2.38. The van der Waals surface area contributed by atoms with Crippen LogP contribution >= 0.6 is 0 Å². The number of hydrogen-bond donors (Lipinski definition) is 3. The van der Waals surface area contributed by atoms with Crippen LogP contribution in [-0.2, 0) is 0 Å². The summed E-state index contributed by atoms with van der Waals surface area (Å²) in [5, 5.41) is 17.9. The van der Waals surface area contributed by atoms with E-state index in [0.717, 1.165) is 24.3 Å². The van der Waals surface area contributed by atoms with Crippen LogP contribution in [0.4, 0.5) is 17.6 Å². The minimum atomic E-state index is -0.941. The normalized spacial score (nSPS) is 12.8. The molecule has 2 aromatic carbocycles. The fourth-order valence-electron chi connectivity index (χ4n) is 1.67. The Morgan fingerprint density at radius 2 is 1.40 bits per heavy atom. The van der Waals surface area contributed by atoms with Crippen molar-refractivity contribution in [3.63, 3.8) is 0 Å². The summed E-state index contributed by atoms with van der Waals surface area (Å²) >= 11 is 0. The van der Waals surface area contributed by atoms with E-state index in [0.29, 0.717) is 6.42 Å². The van der Waals surface area contributed by atoms with E-state index in [1.807, 2.05) is 0 Å². The van der Waals surface area contributed by atoms with E-state index < -0.39 is 46.9 Å². The molecule has 2 rings (SSSR count). The number of rotatable bonds is 5. The Kier molecular flexibility index (Phi) is 8.17. The van der Waals surface area contributed by atoms with Crippen LogP contribution in [0.1, 0.15) is 13.3 Å². The largest absolute Gasteiger partial charge is 0.503 e. The van der Waals surface area contributed by atoms with Gasteiger partial charge in [0.2, 0.25) is 0 Å². The predicted octanol–water partition coefficient (Wildman–Crippen LogP) is 3.11. The van der Waals surface area contributed by atoms with E-state index >= 15 is 0 Å². The molecular weight excluding hydrogens is 342 g/mol. The van der Waals surface area contributed by atoms with E-state index in [2.05, 4.69) is 0 Å². The molecule has 0 aromatic heterocycles. The lowest BCUT2D eigenvalue weighted by atomic mass is 10.1.